The maximum atomic E-state index is 10.7. The van der Waals surface area contributed by atoms with Crippen LogP contribution in [0.1, 0.15) is 18.1 Å². The summed E-state index contributed by atoms with van der Waals surface area (Å²) in [6, 6.07) is 9.70. The first-order valence-corrected chi connectivity index (χ1v) is 5.37. The van der Waals surface area contributed by atoms with Gasteiger partial charge in [-0.2, -0.15) is 0 Å². The van der Waals surface area contributed by atoms with Crippen molar-refractivity contribution in [2.24, 2.45) is 0 Å². The van der Waals surface area contributed by atoms with Crippen LogP contribution < -0.4 is 0 Å². The van der Waals surface area contributed by atoms with E-state index in [9.17, 15) is 4.79 Å². The Labute approximate surface area is 98.5 Å². The molecule has 2 atom stereocenters. The number of benzene rings is 1. The van der Waals surface area contributed by atoms with Crippen molar-refractivity contribution in [2.45, 2.75) is 18.6 Å². The van der Waals surface area contributed by atoms with Gasteiger partial charge in [-0.1, -0.05) is 36.4 Å². The van der Waals surface area contributed by atoms with Crippen LogP contribution in [-0.4, -0.2) is 11.3 Å². The third kappa shape index (κ3) is 2.92. The van der Waals surface area contributed by atoms with Gasteiger partial charge in [-0.05, 0) is 23.2 Å². The summed E-state index contributed by atoms with van der Waals surface area (Å²) in [5.74, 6) is 0. The van der Waals surface area contributed by atoms with Crippen LogP contribution in [0.3, 0.4) is 0 Å². The van der Waals surface area contributed by atoms with Gasteiger partial charge in [-0.3, -0.25) is 4.79 Å². The molecular weight excluding hydrogens is 228 g/mol. The van der Waals surface area contributed by atoms with Gasteiger partial charge in [0.25, 0.3) is 0 Å². The lowest BCUT2D eigenvalue weighted by Gasteiger charge is -2.21. The molecule has 0 amide bonds. The van der Waals surface area contributed by atoms with E-state index in [2.05, 4.69) is 0 Å². The van der Waals surface area contributed by atoms with Crippen LogP contribution in [0.2, 0.25) is 0 Å². The van der Waals surface area contributed by atoms with Crippen molar-refractivity contribution >= 4 is 16.8 Å². The van der Waals surface area contributed by atoms with E-state index in [1.54, 1.807) is 6.08 Å². The maximum Gasteiger partial charge on any atom is 0.224 e. The minimum Gasteiger partial charge on any atom is -0.281 e. The average Bonchev–Trinajstić information content (AvgIpc) is 2.30. The zero-order valence-electron chi connectivity index (χ0n) is 8.51. The van der Waals surface area contributed by atoms with Crippen LogP contribution in [0.15, 0.2) is 42.5 Å². The van der Waals surface area contributed by atoms with Gasteiger partial charge in [0.2, 0.25) is 5.24 Å². The molecule has 0 bridgehead atoms. The number of carbonyl (C=O) groups is 1. The molecule has 1 aromatic carbocycles. The van der Waals surface area contributed by atoms with Gasteiger partial charge in [0.05, 0.1) is 6.42 Å². The molecular formula is C12H11ClO3. The minimum atomic E-state index is -0.434. The lowest BCUT2D eigenvalue weighted by Crippen LogP contribution is -2.19. The van der Waals surface area contributed by atoms with Crippen LogP contribution in [0.5, 0.6) is 0 Å². The largest absolute Gasteiger partial charge is 0.281 e. The lowest BCUT2D eigenvalue weighted by molar-refractivity contribution is -0.341. The van der Waals surface area contributed by atoms with Gasteiger partial charge in [0.15, 0.2) is 0 Å². The lowest BCUT2D eigenvalue weighted by atomic mass is 10.1. The Kier molecular flexibility index (Phi) is 3.72. The molecule has 0 unspecified atom stereocenters. The number of hydrogen-bond donors (Lipinski definition) is 0. The molecule has 0 fully saturated rings. The van der Waals surface area contributed by atoms with E-state index < -0.39 is 5.24 Å². The molecule has 0 N–H and O–H groups in total. The second kappa shape index (κ2) is 5.25. The molecule has 0 aliphatic carbocycles. The average molecular weight is 239 g/mol. The highest BCUT2D eigenvalue weighted by molar-refractivity contribution is 6.63. The predicted octanol–water partition coefficient (Wildman–Crippen LogP) is 2.77. The Bertz CT molecular complexity index is 389. The summed E-state index contributed by atoms with van der Waals surface area (Å²) in [6.45, 7) is 0. The molecule has 1 aliphatic rings. The van der Waals surface area contributed by atoms with Gasteiger partial charge in [-0.15, -0.1) is 0 Å². The molecule has 0 saturated heterocycles. The fourth-order valence-electron chi connectivity index (χ4n) is 1.49. The highest BCUT2D eigenvalue weighted by Gasteiger charge is 2.20. The van der Waals surface area contributed by atoms with Crippen molar-refractivity contribution in [3.05, 3.63) is 48.0 Å². The van der Waals surface area contributed by atoms with Crippen LogP contribution in [-0.2, 0) is 14.6 Å². The first kappa shape index (κ1) is 11.3. The van der Waals surface area contributed by atoms with E-state index in [0.717, 1.165) is 5.56 Å². The van der Waals surface area contributed by atoms with E-state index in [4.69, 9.17) is 21.4 Å². The topological polar surface area (TPSA) is 35.5 Å². The summed E-state index contributed by atoms with van der Waals surface area (Å²) >= 11 is 5.26. The summed E-state index contributed by atoms with van der Waals surface area (Å²) in [5, 5.41) is -0.434. The van der Waals surface area contributed by atoms with E-state index in [1.807, 2.05) is 36.4 Å². The third-order valence-electron chi connectivity index (χ3n) is 2.27. The molecule has 4 heteroatoms. The molecule has 0 aromatic heterocycles. The number of hydrogen-bond acceptors (Lipinski definition) is 3. The van der Waals surface area contributed by atoms with Crippen molar-refractivity contribution in [1.29, 1.82) is 0 Å². The monoisotopic (exact) mass is 238 g/mol. The van der Waals surface area contributed by atoms with Crippen LogP contribution in [0.4, 0.5) is 0 Å². The molecule has 1 aliphatic heterocycles. The van der Waals surface area contributed by atoms with Crippen molar-refractivity contribution < 1.29 is 14.6 Å². The maximum absolute atomic E-state index is 10.7. The highest BCUT2D eigenvalue weighted by Crippen LogP contribution is 2.24. The van der Waals surface area contributed by atoms with E-state index in [0.29, 0.717) is 0 Å². The molecule has 1 aromatic rings. The normalized spacial score (nSPS) is 24.3. The van der Waals surface area contributed by atoms with Gasteiger partial charge in [-0.25, -0.2) is 9.78 Å². The molecule has 0 saturated carbocycles. The Morgan fingerprint density at radius 2 is 1.94 bits per heavy atom. The summed E-state index contributed by atoms with van der Waals surface area (Å²) in [4.78, 5) is 20.9. The summed E-state index contributed by atoms with van der Waals surface area (Å²) < 4.78 is 0. The first-order valence-electron chi connectivity index (χ1n) is 4.99. The third-order valence-corrected chi connectivity index (χ3v) is 2.43. The van der Waals surface area contributed by atoms with Crippen molar-refractivity contribution in [1.82, 2.24) is 0 Å². The SMILES string of the molecule is O=C(Cl)C[C@H]1C=C[C@@H](c2ccccc2)OO1. The van der Waals surface area contributed by atoms with Crippen molar-refractivity contribution in [2.75, 3.05) is 0 Å². The molecule has 16 heavy (non-hydrogen) atoms. The Morgan fingerprint density at radius 3 is 2.50 bits per heavy atom. The molecule has 2 rings (SSSR count). The first-order chi connectivity index (χ1) is 7.75. The number of halogens is 1. The van der Waals surface area contributed by atoms with Crippen molar-refractivity contribution in [3.63, 3.8) is 0 Å². The standard InChI is InChI=1S/C12H11ClO3/c13-12(14)8-10-6-7-11(16-15-10)9-4-2-1-3-5-9/h1-7,10-11H,8H2/t10-,11+/m1/s1. The number of carbonyl (C=O) groups excluding carboxylic acids is 1. The highest BCUT2D eigenvalue weighted by atomic mass is 35.5. The smallest absolute Gasteiger partial charge is 0.224 e. The van der Waals surface area contributed by atoms with E-state index in [1.165, 1.54) is 0 Å². The molecule has 0 radical (unpaired) electrons. The Hall–Kier alpha value is -1.16. The van der Waals surface area contributed by atoms with Gasteiger partial charge in [0, 0.05) is 0 Å². The number of rotatable bonds is 3. The Morgan fingerprint density at radius 1 is 1.19 bits per heavy atom. The predicted molar refractivity (Wildman–Crippen MR) is 59.8 cm³/mol. The fourth-order valence-corrected chi connectivity index (χ4v) is 1.64. The summed E-state index contributed by atoms with van der Waals surface area (Å²) in [6.07, 6.45) is 3.18. The second-order valence-corrected chi connectivity index (χ2v) is 3.93. The second-order valence-electron chi connectivity index (χ2n) is 3.51. The summed E-state index contributed by atoms with van der Waals surface area (Å²) in [7, 11) is 0. The zero-order chi connectivity index (χ0) is 11.4. The Balaban J connectivity index is 2.00. The van der Waals surface area contributed by atoms with Crippen LogP contribution >= 0.6 is 11.6 Å². The van der Waals surface area contributed by atoms with Crippen LogP contribution in [0.25, 0.3) is 0 Å². The fraction of sp³-hybridized carbons (Fsp3) is 0.250. The van der Waals surface area contributed by atoms with Crippen molar-refractivity contribution in [3.8, 4) is 0 Å². The van der Waals surface area contributed by atoms with Gasteiger partial charge >= 0.3 is 0 Å². The molecule has 0 spiro atoms. The van der Waals surface area contributed by atoms with Crippen LogP contribution in [0, 0.1) is 0 Å². The van der Waals surface area contributed by atoms with Gasteiger partial charge < -0.3 is 0 Å². The summed E-state index contributed by atoms with van der Waals surface area (Å²) in [5.41, 5.74) is 1.01. The van der Waals surface area contributed by atoms with Gasteiger partial charge in [0.1, 0.15) is 12.2 Å². The van der Waals surface area contributed by atoms with E-state index >= 15 is 0 Å². The van der Waals surface area contributed by atoms with E-state index in [-0.39, 0.29) is 18.6 Å². The molecule has 1 heterocycles. The quantitative estimate of drug-likeness (QED) is 0.462. The molecule has 3 nitrogen and oxygen atoms in total. The molecule has 84 valence electrons. The minimum absolute atomic E-state index is 0.125. The zero-order valence-corrected chi connectivity index (χ0v) is 9.26.